The van der Waals surface area contributed by atoms with Crippen LogP contribution in [0.5, 0.6) is 0 Å². The maximum Gasteiger partial charge on any atom is 0.451 e. The van der Waals surface area contributed by atoms with E-state index in [4.69, 9.17) is 0 Å². The van der Waals surface area contributed by atoms with Gasteiger partial charge in [0.1, 0.15) is 5.69 Å². The van der Waals surface area contributed by atoms with Crippen LogP contribution in [0.1, 0.15) is 42.3 Å². The zero-order valence-corrected chi connectivity index (χ0v) is 14.6. The van der Waals surface area contributed by atoms with Crippen molar-refractivity contribution < 1.29 is 31.1 Å². The molecular formula is C18H12F6N4O. The second-order valence-corrected chi connectivity index (χ2v) is 6.12. The van der Waals surface area contributed by atoms with E-state index in [-0.39, 0.29) is 29.1 Å². The van der Waals surface area contributed by atoms with E-state index < -0.39 is 29.7 Å². The molecule has 1 saturated carbocycles. The van der Waals surface area contributed by atoms with Gasteiger partial charge in [0.25, 0.3) is 0 Å². The lowest BCUT2D eigenvalue weighted by atomic mass is 9.88. The van der Waals surface area contributed by atoms with Gasteiger partial charge < -0.3 is 0 Å². The third kappa shape index (κ3) is 5.04. The molecule has 0 aliphatic heterocycles. The Kier molecular flexibility index (Phi) is 5.49. The zero-order valence-electron chi connectivity index (χ0n) is 14.6. The molecule has 152 valence electrons. The number of hydrogen-bond acceptors (Lipinski definition) is 5. The van der Waals surface area contributed by atoms with E-state index in [0.29, 0.717) is 18.9 Å². The summed E-state index contributed by atoms with van der Waals surface area (Å²) in [6, 6.07) is 1.94. The number of carbonyl (C=O) groups excluding carboxylic acids is 1. The van der Waals surface area contributed by atoms with Gasteiger partial charge in [-0.3, -0.25) is 4.79 Å². The number of nitrogens with zero attached hydrogens (tertiary/aromatic N) is 4. The molecule has 2 aromatic rings. The quantitative estimate of drug-likeness (QED) is 0.534. The average Bonchev–Trinajstić information content (AvgIpc) is 2.64. The summed E-state index contributed by atoms with van der Waals surface area (Å²) < 4.78 is 76.5. The normalized spacial score (nSPS) is 18.5. The molecule has 1 fully saturated rings. The zero-order chi connectivity index (χ0) is 21.2. The van der Waals surface area contributed by atoms with E-state index in [9.17, 15) is 31.1 Å². The number of halogens is 6. The summed E-state index contributed by atoms with van der Waals surface area (Å²) in [5.41, 5.74) is -0.862. The fraction of sp³-hybridized carbons (Fsp3) is 0.278. The van der Waals surface area contributed by atoms with Crippen LogP contribution in [0.4, 0.5) is 26.3 Å². The number of ketones is 1. The second-order valence-electron chi connectivity index (χ2n) is 6.12. The van der Waals surface area contributed by atoms with E-state index in [1.165, 1.54) is 12.1 Å². The molecule has 2 aromatic heterocycles. The molecule has 1 aliphatic rings. The van der Waals surface area contributed by atoms with Crippen molar-refractivity contribution in [3.63, 3.8) is 0 Å². The van der Waals surface area contributed by atoms with Gasteiger partial charge in [-0.05, 0) is 43.5 Å². The molecule has 0 saturated heterocycles. The van der Waals surface area contributed by atoms with Crippen LogP contribution in [0.25, 0.3) is 12.2 Å². The van der Waals surface area contributed by atoms with Crippen molar-refractivity contribution in [1.29, 1.82) is 0 Å². The Labute approximate surface area is 160 Å². The molecule has 29 heavy (non-hydrogen) atoms. The Morgan fingerprint density at radius 1 is 0.828 bits per heavy atom. The molecule has 0 amide bonds. The highest BCUT2D eigenvalue weighted by Gasteiger charge is 2.35. The smallest absolute Gasteiger partial charge is 0.289 e. The van der Waals surface area contributed by atoms with Gasteiger partial charge in [0.15, 0.2) is 11.6 Å². The molecule has 0 spiro atoms. The second kappa shape index (κ2) is 7.72. The molecule has 0 bridgehead atoms. The molecule has 0 unspecified atom stereocenters. The molecule has 0 radical (unpaired) electrons. The molecule has 2 heterocycles. The van der Waals surface area contributed by atoms with E-state index >= 15 is 0 Å². The van der Waals surface area contributed by atoms with E-state index in [2.05, 4.69) is 19.9 Å². The first kappa shape index (κ1) is 20.6. The summed E-state index contributed by atoms with van der Waals surface area (Å²) in [6.07, 6.45) is -4.06. The lowest BCUT2D eigenvalue weighted by Crippen LogP contribution is -2.14. The van der Waals surface area contributed by atoms with Crippen LogP contribution >= 0.6 is 0 Å². The molecule has 1 aliphatic carbocycles. The fourth-order valence-electron chi connectivity index (χ4n) is 2.70. The number of carbonyl (C=O) groups is 1. The third-order valence-corrected chi connectivity index (χ3v) is 4.00. The molecule has 0 atom stereocenters. The Balaban J connectivity index is 1.90. The molecular weight excluding hydrogens is 402 g/mol. The van der Waals surface area contributed by atoms with Crippen LogP contribution in [0, 0.1) is 0 Å². The van der Waals surface area contributed by atoms with Gasteiger partial charge in [-0.2, -0.15) is 26.3 Å². The molecule has 11 heteroatoms. The number of rotatable bonds is 2. The van der Waals surface area contributed by atoms with Gasteiger partial charge in [0.05, 0.1) is 5.69 Å². The highest BCUT2D eigenvalue weighted by molar-refractivity contribution is 6.13. The molecule has 0 aromatic carbocycles. The Morgan fingerprint density at radius 3 is 2.14 bits per heavy atom. The maximum atomic E-state index is 12.8. The first-order chi connectivity index (χ1) is 13.5. The predicted octanol–water partition coefficient (Wildman–Crippen LogP) is 4.52. The standard InChI is InChI=1S/C18H12F6N4O/c19-17(20,21)13-5-7-25-14(28-13)9-11-3-1-2-10(15(11)29)8-12-4-6-26-16(27-12)18(22,23)24/h4-9H,1-3H2. The third-order valence-electron chi connectivity index (χ3n) is 4.00. The SMILES string of the molecule is O=C1C(=Cc2ccnc(C(F)(F)F)n2)CCCC1=Cc1nccc(C(F)(F)F)n1. The van der Waals surface area contributed by atoms with Crippen molar-refractivity contribution in [3.05, 3.63) is 58.7 Å². The minimum absolute atomic E-state index is 0.0905. The van der Waals surface area contributed by atoms with Crippen LogP contribution in [0.3, 0.4) is 0 Å². The molecule has 0 N–H and O–H groups in total. The van der Waals surface area contributed by atoms with Gasteiger partial charge in [0, 0.05) is 23.5 Å². The number of hydrogen-bond donors (Lipinski definition) is 0. The van der Waals surface area contributed by atoms with Crippen molar-refractivity contribution in [2.75, 3.05) is 0 Å². The van der Waals surface area contributed by atoms with Crippen LogP contribution in [0.2, 0.25) is 0 Å². The first-order valence-corrected chi connectivity index (χ1v) is 8.30. The summed E-state index contributed by atoms with van der Waals surface area (Å²) in [5, 5.41) is 0. The van der Waals surface area contributed by atoms with Gasteiger partial charge in [-0.25, -0.2) is 19.9 Å². The summed E-state index contributed by atoms with van der Waals surface area (Å²) in [4.78, 5) is 26.3. The molecule has 3 rings (SSSR count). The van der Waals surface area contributed by atoms with Crippen molar-refractivity contribution in [2.45, 2.75) is 31.6 Å². The Morgan fingerprint density at radius 2 is 1.48 bits per heavy atom. The topological polar surface area (TPSA) is 68.6 Å². The maximum absolute atomic E-state index is 12.8. The van der Waals surface area contributed by atoms with Crippen LogP contribution < -0.4 is 0 Å². The van der Waals surface area contributed by atoms with Gasteiger partial charge in [0.2, 0.25) is 5.82 Å². The number of Topliss-reactive ketones (excluding diaryl/α,β-unsaturated/α-hetero) is 1. The first-order valence-electron chi connectivity index (χ1n) is 8.30. The minimum atomic E-state index is -4.73. The van der Waals surface area contributed by atoms with Crippen molar-refractivity contribution in [3.8, 4) is 0 Å². The molecule has 5 nitrogen and oxygen atoms in total. The van der Waals surface area contributed by atoms with Gasteiger partial charge >= 0.3 is 12.4 Å². The van der Waals surface area contributed by atoms with Crippen LogP contribution in [-0.2, 0) is 17.1 Å². The van der Waals surface area contributed by atoms with Crippen LogP contribution in [-0.4, -0.2) is 25.7 Å². The summed E-state index contributed by atoms with van der Waals surface area (Å²) >= 11 is 0. The van der Waals surface area contributed by atoms with E-state index in [1.807, 2.05) is 0 Å². The average molecular weight is 414 g/mol. The van der Waals surface area contributed by atoms with E-state index in [1.54, 1.807) is 0 Å². The van der Waals surface area contributed by atoms with Gasteiger partial charge in [-0.15, -0.1) is 0 Å². The van der Waals surface area contributed by atoms with Crippen molar-refractivity contribution in [2.24, 2.45) is 0 Å². The monoisotopic (exact) mass is 414 g/mol. The van der Waals surface area contributed by atoms with Crippen molar-refractivity contribution in [1.82, 2.24) is 19.9 Å². The lowest BCUT2D eigenvalue weighted by molar-refractivity contribution is -0.145. The van der Waals surface area contributed by atoms with Crippen LogP contribution in [0.15, 0.2) is 35.7 Å². The Hall–Kier alpha value is -3.11. The summed E-state index contributed by atoms with van der Waals surface area (Å²) in [6.45, 7) is 0. The van der Waals surface area contributed by atoms with Gasteiger partial charge in [-0.1, -0.05) is 0 Å². The van der Waals surface area contributed by atoms with Crippen molar-refractivity contribution >= 4 is 17.9 Å². The van der Waals surface area contributed by atoms with E-state index in [0.717, 1.165) is 18.5 Å². The fourth-order valence-corrected chi connectivity index (χ4v) is 2.70. The minimum Gasteiger partial charge on any atom is -0.289 e. The number of alkyl halides is 6. The number of allylic oxidation sites excluding steroid dienone is 2. The lowest BCUT2D eigenvalue weighted by Gasteiger charge is -2.16. The summed E-state index contributed by atoms with van der Waals surface area (Å²) in [5.74, 6) is -2.10. The Bertz CT molecular complexity index is 917. The summed E-state index contributed by atoms with van der Waals surface area (Å²) in [7, 11) is 0. The number of aromatic nitrogens is 4. The largest absolute Gasteiger partial charge is 0.451 e. The highest BCUT2D eigenvalue weighted by atomic mass is 19.4. The highest BCUT2D eigenvalue weighted by Crippen LogP contribution is 2.30. The predicted molar refractivity (Wildman–Crippen MR) is 88.9 cm³/mol.